The molecular formula is C13H21NO2S. The van der Waals surface area contributed by atoms with Crippen LogP contribution in [0.3, 0.4) is 0 Å². The van der Waals surface area contributed by atoms with Crippen molar-refractivity contribution in [1.82, 2.24) is 0 Å². The molecule has 17 heavy (non-hydrogen) atoms. The smallest absolute Gasteiger partial charge is 0.123 e. The molecule has 0 aliphatic rings. The van der Waals surface area contributed by atoms with Crippen molar-refractivity contribution in [3.05, 3.63) is 29.8 Å². The van der Waals surface area contributed by atoms with Gasteiger partial charge in [-0.1, -0.05) is 31.5 Å². The highest BCUT2D eigenvalue weighted by Gasteiger charge is 2.14. The molecule has 0 fully saturated rings. The third-order valence-corrected chi connectivity index (χ3v) is 4.10. The van der Waals surface area contributed by atoms with Gasteiger partial charge in [-0.25, -0.2) is 0 Å². The molecule has 0 radical (unpaired) electrons. The SMILES string of the molecule is CCCCS(=O)CC(N)c1ccccc1OC. The molecule has 1 aromatic rings. The minimum absolute atomic E-state index is 0.219. The molecule has 0 aromatic heterocycles. The van der Waals surface area contributed by atoms with Crippen molar-refractivity contribution in [1.29, 1.82) is 0 Å². The predicted molar refractivity (Wildman–Crippen MR) is 72.7 cm³/mol. The van der Waals surface area contributed by atoms with E-state index in [4.69, 9.17) is 10.5 Å². The Kier molecular flexibility index (Phi) is 6.22. The highest BCUT2D eigenvalue weighted by atomic mass is 32.2. The summed E-state index contributed by atoms with van der Waals surface area (Å²) in [5.41, 5.74) is 7.00. The van der Waals surface area contributed by atoms with E-state index in [1.54, 1.807) is 7.11 Å². The second kappa shape index (κ2) is 7.45. The molecule has 0 aliphatic heterocycles. The van der Waals surface area contributed by atoms with Gasteiger partial charge in [0.1, 0.15) is 5.75 Å². The van der Waals surface area contributed by atoms with Gasteiger partial charge in [0.05, 0.1) is 7.11 Å². The summed E-state index contributed by atoms with van der Waals surface area (Å²) in [7, 11) is 0.783. The van der Waals surface area contributed by atoms with Crippen LogP contribution in [0.15, 0.2) is 24.3 Å². The molecule has 1 aromatic carbocycles. The van der Waals surface area contributed by atoms with Crippen molar-refractivity contribution in [2.75, 3.05) is 18.6 Å². The summed E-state index contributed by atoms with van der Waals surface area (Å²) < 4.78 is 17.0. The largest absolute Gasteiger partial charge is 0.496 e. The van der Waals surface area contributed by atoms with Gasteiger partial charge in [0, 0.05) is 33.9 Å². The first kappa shape index (κ1) is 14.2. The van der Waals surface area contributed by atoms with Crippen LogP contribution in [0.5, 0.6) is 5.75 Å². The summed E-state index contributed by atoms with van der Waals surface area (Å²) >= 11 is 0. The van der Waals surface area contributed by atoms with Crippen LogP contribution in [0.2, 0.25) is 0 Å². The summed E-state index contributed by atoms with van der Waals surface area (Å²) in [6, 6.07) is 7.42. The highest BCUT2D eigenvalue weighted by molar-refractivity contribution is 7.85. The van der Waals surface area contributed by atoms with Gasteiger partial charge in [0.25, 0.3) is 0 Å². The van der Waals surface area contributed by atoms with Gasteiger partial charge in [-0.2, -0.15) is 0 Å². The summed E-state index contributed by atoms with van der Waals surface area (Å²) in [6.45, 7) is 2.09. The molecule has 0 aliphatic carbocycles. The van der Waals surface area contributed by atoms with Gasteiger partial charge in [-0.15, -0.1) is 0 Å². The average Bonchev–Trinajstić information content (AvgIpc) is 2.36. The van der Waals surface area contributed by atoms with Crippen molar-refractivity contribution in [2.45, 2.75) is 25.8 Å². The first-order valence-electron chi connectivity index (χ1n) is 5.92. The minimum atomic E-state index is -0.841. The summed E-state index contributed by atoms with van der Waals surface area (Å²) in [6.07, 6.45) is 2.06. The molecule has 0 heterocycles. The fourth-order valence-corrected chi connectivity index (χ4v) is 3.01. The van der Waals surface area contributed by atoms with E-state index in [-0.39, 0.29) is 6.04 Å². The fraction of sp³-hybridized carbons (Fsp3) is 0.538. The maximum absolute atomic E-state index is 11.8. The lowest BCUT2D eigenvalue weighted by molar-refractivity contribution is 0.407. The Morgan fingerprint density at radius 3 is 2.76 bits per heavy atom. The van der Waals surface area contributed by atoms with Crippen LogP contribution in [0.4, 0.5) is 0 Å². The molecule has 0 bridgehead atoms. The molecule has 2 atom stereocenters. The molecule has 4 heteroatoms. The number of benzene rings is 1. The topological polar surface area (TPSA) is 52.3 Å². The monoisotopic (exact) mass is 255 g/mol. The molecular weight excluding hydrogens is 234 g/mol. The Labute approximate surface area is 106 Å². The quantitative estimate of drug-likeness (QED) is 0.813. The Hall–Kier alpha value is -0.870. The van der Waals surface area contributed by atoms with Crippen LogP contribution in [0, 0.1) is 0 Å². The van der Waals surface area contributed by atoms with E-state index in [9.17, 15) is 4.21 Å². The number of ether oxygens (including phenoxy) is 1. The van der Waals surface area contributed by atoms with E-state index in [0.29, 0.717) is 5.75 Å². The lowest BCUT2D eigenvalue weighted by Crippen LogP contribution is -2.20. The average molecular weight is 255 g/mol. The normalized spacial score (nSPS) is 14.3. The Bertz CT molecular complexity index is 368. The first-order valence-corrected chi connectivity index (χ1v) is 7.41. The van der Waals surface area contributed by atoms with Crippen LogP contribution in [-0.2, 0) is 10.8 Å². The van der Waals surface area contributed by atoms with E-state index < -0.39 is 10.8 Å². The fourth-order valence-electron chi connectivity index (χ4n) is 1.65. The second-order valence-electron chi connectivity index (χ2n) is 4.01. The van der Waals surface area contributed by atoms with E-state index in [1.807, 2.05) is 24.3 Å². The number of nitrogens with two attached hydrogens (primary N) is 1. The number of rotatable bonds is 7. The van der Waals surface area contributed by atoms with Crippen molar-refractivity contribution in [2.24, 2.45) is 5.73 Å². The van der Waals surface area contributed by atoms with Gasteiger partial charge in [-0.3, -0.25) is 4.21 Å². The molecule has 2 N–H and O–H groups in total. The summed E-state index contributed by atoms with van der Waals surface area (Å²) in [5, 5.41) is 0. The van der Waals surface area contributed by atoms with Gasteiger partial charge < -0.3 is 10.5 Å². The van der Waals surface area contributed by atoms with Gasteiger partial charge >= 0.3 is 0 Å². The zero-order valence-electron chi connectivity index (χ0n) is 10.5. The number of hydrogen-bond donors (Lipinski definition) is 1. The van der Waals surface area contributed by atoms with Gasteiger partial charge in [0.15, 0.2) is 0 Å². The zero-order chi connectivity index (χ0) is 12.7. The maximum Gasteiger partial charge on any atom is 0.123 e. The molecule has 0 saturated heterocycles. The number of para-hydroxylation sites is 1. The third kappa shape index (κ3) is 4.48. The van der Waals surface area contributed by atoms with Crippen LogP contribution in [0.25, 0.3) is 0 Å². The van der Waals surface area contributed by atoms with Crippen LogP contribution >= 0.6 is 0 Å². The number of hydrogen-bond acceptors (Lipinski definition) is 3. The predicted octanol–water partition coefficient (Wildman–Crippen LogP) is 2.24. The number of unbranched alkanes of at least 4 members (excludes halogenated alkanes) is 1. The van der Waals surface area contributed by atoms with Crippen molar-refractivity contribution < 1.29 is 8.95 Å². The van der Waals surface area contributed by atoms with Crippen LogP contribution in [0.1, 0.15) is 31.4 Å². The molecule has 0 amide bonds. The zero-order valence-corrected chi connectivity index (χ0v) is 11.3. The molecule has 1 rings (SSSR count). The second-order valence-corrected chi connectivity index (χ2v) is 5.63. The van der Waals surface area contributed by atoms with E-state index in [2.05, 4.69) is 6.92 Å². The van der Waals surface area contributed by atoms with Crippen molar-refractivity contribution in [3.63, 3.8) is 0 Å². The maximum atomic E-state index is 11.8. The number of methoxy groups -OCH3 is 1. The Morgan fingerprint density at radius 2 is 2.12 bits per heavy atom. The van der Waals surface area contributed by atoms with Crippen LogP contribution < -0.4 is 10.5 Å². The standard InChI is InChI=1S/C13H21NO2S/c1-3-4-9-17(15)10-12(14)11-7-5-6-8-13(11)16-2/h5-8,12H,3-4,9-10,14H2,1-2H3. The minimum Gasteiger partial charge on any atom is -0.496 e. The van der Waals surface area contributed by atoms with Crippen molar-refractivity contribution >= 4 is 10.8 Å². The van der Waals surface area contributed by atoms with E-state index in [0.717, 1.165) is 29.9 Å². The van der Waals surface area contributed by atoms with E-state index in [1.165, 1.54) is 0 Å². The molecule has 0 saturated carbocycles. The summed E-state index contributed by atoms with van der Waals surface area (Å²) in [5.74, 6) is 2.01. The molecule has 96 valence electrons. The van der Waals surface area contributed by atoms with Gasteiger partial charge in [0.2, 0.25) is 0 Å². The third-order valence-electron chi connectivity index (χ3n) is 2.63. The highest BCUT2D eigenvalue weighted by Crippen LogP contribution is 2.23. The Morgan fingerprint density at radius 1 is 1.41 bits per heavy atom. The molecule has 3 nitrogen and oxygen atoms in total. The van der Waals surface area contributed by atoms with Crippen LogP contribution in [-0.4, -0.2) is 22.8 Å². The van der Waals surface area contributed by atoms with Gasteiger partial charge in [-0.05, 0) is 12.5 Å². The van der Waals surface area contributed by atoms with Crippen molar-refractivity contribution in [3.8, 4) is 5.75 Å². The molecule has 2 unspecified atom stereocenters. The Balaban J connectivity index is 2.62. The molecule has 0 spiro atoms. The van der Waals surface area contributed by atoms with E-state index >= 15 is 0 Å². The lowest BCUT2D eigenvalue weighted by Gasteiger charge is -2.15. The summed E-state index contributed by atoms with van der Waals surface area (Å²) in [4.78, 5) is 0. The lowest BCUT2D eigenvalue weighted by atomic mass is 10.1. The first-order chi connectivity index (χ1) is 8.19.